The minimum Gasteiger partial charge on any atom is -0.379 e. The topological polar surface area (TPSA) is 84.7 Å². The number of nitrogens with one attached hydrogen (secondary N) is 1. The minimum absolute atomic E-state index is 0.0485. The van der Waals surface area contributed by atoms with Gasteiger partial charge in [-0.2, -0.15) is 0 Å². The Morgan fingerprint density at radius 2 is 1.86 bits per heavy atom. The maximum absolute atomic E-state index is 12.4. The first kappa shape index (κ1) is 20.3. The number of carbonyl (C=O) groups excluding carboxylic acids is 1. The van der Waals surface area contributed by atoms with Gasteiger partial charge in [-0.1, -0.05) is 24.3 Å². The summed E-state index contributed by atoms with van der Waals surface area (Å²) in [4.78, 5) is 26.0. The summed E-state index contributed by atoms with van der Waals surface area (Å²) >= 11 is 1.28. The molecule has 1 fully saturated rings. The highest BCUT2D eigenvalue weighted by Gasteiger charge is 2.17. The number of benzene rings is 2. The lowest BCUT2D eigenvalue weighted by Gasteiger charge is -2.26. The number of morpholine rings is 1. The molecule has 2 aromatic rings. The van der Waals surface area contributed by atoms with Crippen molar-refractivity contribution < 1.29 is 14.5 Å². The van der Waals surface area contributed by atoms with Crippen molar-refractivity contribution in [2.45, 2.75) is 18.0 Å². The zero-order valence-electron chi connectivity index (χ0n) is 15.7. The predicted molar refractivity (Wildman–Crippen MR) is 109 cm³/mol. The van der Waals surface area contributed by atoms with Gasteiger partial charge in [0.25, 0.3) is 11.6 Å². The summed E-state index contributed by atoms with van der Waals surface area (Å²) in [6.45, 7) is 4.70. The number of carbonyl (C=O) groups is 1. The van der Waals surface area contributed by atoms with Gasteiger partial charge in [0.1, 0.15) is 0 Å². The van der Waals surface area contributed by atoms with Crippen LogP contribution in [0.5, 0.6) is 0 Å². The number of amides is 1. The van der Waals surface area contributed by atoms with Gasteiger partial charge in [-0.05, 0) is 29.5 Å². The molecule has 1 heterocycles. The van der Waals surface area contributed by atoms with Gasteiger partial charge in [0.15, 0.2) is 0 Å². The Hall–Kier alpha value is -2.42. The lowest BCUT2D eigenvalue weighted by Crippen LogP contribution is -2.35. The first-order valence-corrected chi connectivity index (χ1v) is 10.3. The summed E-state index contributed by atoms with van der Waals surface area (Å²) in [7, 11) is 0. The molecule has 0 unspecified atom stereocenters. The largest absolute Gasteiger partial charge is 0.379 e. The molecule has 0 spiro atoms. The van der Waals surface area contributed by atoms with Gasteiger partial charge in [-0.25, -0.2) is 0 Å². The van der Waals surface area contributed by atoms with Gasteiger partial charge in [-0.3, -0.25) is 19.8 Å². The zero-order chi connectivity index (χ0) is 19.9. The number of hydrogen-bond acceptors (Lipinski definition) is 6. The van der Waals surface area contributed by atoms with E-state index < -0.39 is 4.92 Å². The fraction of sp³-hybridized carbons (Fsp3) is 0.350. The van der Waals surface area contributed by atoms with Gasteiger partial charge < -0.3 is 10.1 Å². The SMILES string of the molecule is CSc1ccc(C(=O)NCc2ccc(CN3CCOCC3)cc2)cc1[N+](=O)[O-]. The molecule has 0 saturated carbocycles. The average molecular weight is 401 g/mol. The molecule has 0 bridgehead atoms. The van der Waals surface area contributed by atoms with E-state index in [-0.39, 0.29) is 17.2 Å². The van der Waals surface area contributed by atoms with Crippen LogP contribution in [-0.2, 0) is 17.8 Å². The highest BCUT2D eigenvalue weighted by atomic mass is 32.2. The van der Waals surface area contributed by atoms with Crippen LogP contribution in [0.4, 0.5) is 5.69 Å². The molecule has 0 aliphatic carbocycles. The third kappa shape index (κ3) is 5.31. The van der Waals surface area contributed by atoms with E-state index in [2.05, 4.69) is 22.3 Å². The Bertz CT molecular complexity index is 836. The van der Waals surface area contributed by atoms with Crippen LogP contribution < -0.4 is 5.32 Å². The molecule has 28 heavy (non-hydrogen) atoms. The van der Waals surface area contributed by atoms with Crippen molar-refractivity contribution in [2.24, 2.45) is 0 Å². The third-order valence-electron chi connectivity index (χ3n) is 4.62. The van der Waals surface area contributed by atoms with Crippen LogP contribution in [-0.4, -0.2) is 48.3 Å². The van der Waals surface area contributed by atoms with Gasteiger partial charge in [-0.15, -0.1) is 11.8 Å². The number of ether oxygens (including phenoxy) is 1. The minimum atomic E-state index is -0.462. The Morgan fingerprint density at radius 3 is 2.50 bits per heavy atom. The second kappa shape index (κ2) is 9.68. The highest BCUT2D eigenvalue weighted by molar-refractivity contribution is 7.98. The van der Waals surface area contributed by atoms with Crippen LogP contribution in [0.15, 0.2) is 47.4 Å². The van der Waals surface area contributed by atoms with E-state index in [1.54, 1.807) is 18.4 Å². The lowest BCUT2D eigenvalue weighted by atomic mass is 10.1. The smallest absolute Gasteiger partial charge is 0.283 e. The summed E-state index contributed by atoms with van der Waals surface area (Å²) in [5.74, 6) is -0.326. The molecule has 0 aromatic heterocycles. The first-order valence-electron chi connectivity index (χ1n) is 9.05. The third-order valence-corrected chi connectivity index (χ3v) is 5.41. The molecule has 1 aliphatic rings. The van der Waals surface area contributed by atoms with E-state index in [0.29, 0.717) is 11.4 Å². The molecule has 148 valence electrons. The fourth-order valence-electron chi connectivity index (χ4n) is 3.04. The number of hydrogen-bond donors (Lipinski definition) is 1. The van der Waals surface area contributed by atoms with Gasteiger partial charge >= 0.3 is 0 Å². The average Bonchev–Trinajstić information content (AvgIpc) is 2.73. The highest BCUT2D eigenvalue weighted by Crippen LogP contribution is 2.28. The summed E-state index contributed by atoms with van der Waals surface area (Å²) < 4.78 is 5.36. The molecule has 1 aliphatic heterocycles. The Kier molecular flexibility index (Phi) is 7.02. The molecule has 0 radical (unpaired) electrons. The quantitative estimate of drug-likeness (QED) is 0.436. The van der Waals surface area contributed by atoms with Crippen LogP contribution in [0, 0.1) is 10.1 Å². The lowest BCUT2D eigenvalue weighted by molar-refractivity contribution is -0.387. The van der Waals surface area contributed by atoms with Crippen LogP contribution in [0.2, 0.25) is 0 Å². The van der Waals surface area contributed by atoms with Gasteiger partial charge in [0.2, 0.25) is 0 Å². The maximum Gasteiger partial charge on any atom is 0.283 e. The molecule has 0 atom stereocenters. The normalized spacial score (nSPS) is 14.6. The van der Waals surface area contributed by atoms with Crippen molar-refractivity contribution in [3.63, 3.8) is 0 Å². The van der Waals surface area contributed by atoms with Crippen molar-refractivity contribution in [1.29, 1.82) is 0 Å². The Balaban J connectivity index is 1.57. The Morgan fingerprint density at radius 1 is 1.18 bits per heavy atom. The van der Waals surface area contributed by atoms with Crippen LogP contribution in [0.3, 0.4) is 0 Å². The fourth-order valence-corrected chi connectivity index (χ4v) is 3.59. The Labute approximate surface area is 168 Å². The van der Waals surface area contributed by atoms with E-state index in [1.165, 1.54) is 23.4 Å². The van der Waals surface area contributed by atoms with E-state index in [4.69, 9.17) is 4.74 Å². The number of rotatable bonds is 7. The predicted octanol–water partition coefficient (Wildman–Crippen LogP) is 3.08. The summed E-state index contributed by atoms with van der Waals surface area (Å²) in [6, 6.07) is 12.7. The van der Waals surface area contributed by atoms with Gasteiger partial charge in [0, 0.05) is 37.8 Å². The van der Waals surface area contributed by atoms with E-state index in [9.17, 15) is 14.9 Å². The number of nitro groups is 1. The van der Waals surface area contributed by atoms with Crippen LogP contribution in [0.25, 0.3) is 0 Å². The van der Waals surface area contributed by atoms with Crippen molar-refractivity contribution in [2.75, 3.05) is 32.6 Å². The van der Waals surface area contributed by atoms with Crippen LogP contribution >= 0.6 is 11.8 Å². The summed E-state index contributed by atoms with van der Waals surface area (Å²) in [5.41, 5.74) is 2.44. The van der Waals surface area contributed by atoms with Crippen LogP contribution in [0.1, 0.15) is 21.5 Å². The molecule has 1 N–H and O–H groups in total. The second-order valence-electron chi connectivity index (χ2n) is 6.53. The molecule has 1 amide bonds. The standard InChI is InChI=1S/C20H23N3O4S/c1-28-19-7-6-17(12-18(19)23(25)26)20(24)21-13-15-2-4-16(5-3-15)14-22-8-10-27-11-9-22/h2-7,12H,8-11,13-14H2,1H3,(H,21,24). The van der Waals surface area contributed by atoms with E-state index in [0.717, 1.165) is 38.4 Å². The summed E-state index contributed by atoms with van der Waals surface area (Å²) in [5, 5.41) is 14.0. The van der Waals surface area contributed by atoms with Crippen molar-refractivity contribution in [1.82, 2.24) is 10.2 Å². The summed E-state index contributed by atoms with van der Waals surface area (Å²) in [6.07, 6.45) is 1.77. The number of nitro benzene ring substituents is 1. The zero-order valence-corrected chi connectivity index (χ0v) is 16.5. The van der Waals surface area contributed by atoms with Gasteiger partial charge in [0.05, 0.1) is 23.0 Å². The first-order chi connectivity index (χ1) is 13.6. The second-order valence-corrected chi connectivity index (χ2v) is 7.38. The molecular formula is C20H23N3O4S. The van der Waals surface area contributed by atoms with E-state index >= 15 is 0 Å². The molecule has 1 saturated heterocycles. The van der Waals surface area contributed by atoms with E-state index in [1.807, 2.05) is 12.1 Å². The number of nitrogens with zero attached hydrogens (tertiary/aromatic N) is 2. The monoisotopic (exact) mass is 401 g/mol. The van der Waals surface area contributed by atoms with Crippen molar-refractivity contribution in [3.8, 4) is 0 Å². The molecule has 8 heteroatoms. The molecule has 7 nitrogen and oxygen atoms in total. The maximum atomic E-state index is 12.4. The molecule has 3 rings (SSSR count). The number of thioether (sulfide) groups is 1. The molecule has 2 aromatic carbocycles. The molecular weight excluding hydrogens is 378 g/mol. The van der Waals surface area contributed by atoms with Crippen molar-refractivity contribution in [3.05, 3.63) is 69.3 Å². The van der Waals surface area contributed by atoms with Crippen molar-refractivity contribution >= 4 is 23.4 Å².